The molecule has 26 heavy (non-hydrogen) atoms. The summed E-state index contributed by atoms with van der Waals surface area (Å²) in [6, 6.07) is 14.0. The van der Waals surface area contributed by atoms with Crippen LogP contribution in [-0.4, -0.2) is 37.3 Å². The van der Waals surface area contributed by atoms with E-state index in [0.717, 1.165) is 44.8 Å². The van der Waals surface area contributed by atoms with Gasteiger partial charge >= 0.3 is 0 Å². The Morgan fingerprint density at radius 1 is 0.615 bits per heavy atom. The molecule has 0 radical (unpaired) electrons. The molecule has 0 atom stereocenters. The van der Waals surface area contributed by atoms with Crippen molar-refractivity contribution in [3.63, 3.8) is 0 Å². The van der Waals surface area contributed by atoms with Crippen molar-refractivity contribution in [2.24, 2.45) is 0 Å². The summed E-state index contributed by atoms with van der Waals surface area (Å²) in [4.78, 5) is 15.9. The van der Waals surface area contributed by atoms with Gasteiger partial charge in [0.15, 0.2) is 17.4 Å². The van der Waals surface area contributed by atoms with Gasteiger partial charge in [-0.25, -0.2) is 9.97 Å². The van der Waals surface area contributed by atoms with Gasteiger partial charge in [-0.2, -0.15) is 0 Å². The summed E-state index contributed by atoms with van der Waals surface area (Å²) >= 11 is 0. The molecule has 0 amide bonds. The van der Waals surface area contributed by atoms with Crippen molar-refractivity contribution in [2.45, 2.75) is 0 Å². The highest BCUT2D eigenvalue weighted by atomic mass is 27.0. The third-order valence-electron chi connectivity index (χ3n) is 4.20. The molecule has 0 saturated carbocycles. The number of nitrogen functional groups attached to an aromatic ring is 1. The molecule has 0 aromatic carbocycles. The zero-order valence-electron chi connectivity index (χ0n) is 13.3. The molecule has 0 aliphatic carbocycles. The molecule has 3 aromatic rings. The summed E-state index contributed by atoms with van der Waals surface area (Å²) in [7, 11) is 0. The van der Waals surface area contributed by atoms with Crippen LogP contribution in [0.3, 0.4) is 0 Å². The number of aromatic amines is 2. The first-order valence-corrected chi connectivity index (χ1v) is 8.05. The van der Waals surface area contributed by atoms with E-state index in [9.17, 15) is 0 Å². The second-order valence-electron chi connectivity index (χ2n) is 6.13. The van der Waals surface area contributed by atoms with E-state index in [1.807, 2.05) is 66.8 Å². The van der Waals surface area contributed by atoms with E-state index >= 15 is 0 Å². The lowest BCUT2D eigenvalue weighted by atomic mass is 10.3. The second kappa shape index (κ2) is 6.34. The van der Waals surface area contributed by atoms with Crippen LogP contribution < -0.4 is 5.73 Å². The molecule has 5 heterocycles. The van der Waals surface area contributed by atoms with E-state index in [0.29, 0.717) is 5.69 Å². The smallest absolute Gasteiger partial charge is 0.187 e. The van der Waals surface area contributed by atoms with Gasteiger partial charge in [0.05, 0.1) is 34.0 Å². The van der Waals surface area contributed by atoms with Gasteiger partial charge in [0.2, 0.25) is 0 Å². The number of fused-ring (bicyclic) bond motifs is 8. The Kier molecular flexibility index (Phi) is 4.00. The Hall–Kier alpha value is -3.07. The SMILES string of the molecule is Nc1cc2cc3nc(cc4ccc(cc5nc(cc1[nH]2)C=C5)[nH]4)C=C3.[AlH3]. The number of H-pyrrole nitrogens is 2. The molecule has 4 N–H and O–H groups in total. The molecule has 2 aliphatic heterocycles. The predicted molar refractivity (Wildman–Crippen MR) is 113 cm³/mol. The van der Waals surface area contributed by atoms with Crippen molar-refractivity contribution in [2.75, 3.05) is 5.73 Å². The average molecular weight is 355 g/mol. The Bertz CT molecular complexity index is 1210. The summed E-state index contributed by atoms with van der Waals surface area (Å²) in [6.07, 6.45) is 7.96. The molecule has 5 nitrogen and oxygen atoms in total. The van der Waals surface area contributed by atoms with Gasteiger partial charge < -0.3 is 15.7 Å². The first-order valence-electron chi connectivity index (χ1n) is 8.05. The molecule has 2 aliphatic rings. The van der Waals surface area contributed by atoms with Crippen molar-refractivity contribution in [3.05, 3.63) is 65.2 Å². The highest BCUT2D eigenvalue weighted by molar-refractivity contribution is 5.82. The van der Waals surface area contributed by atoms with Gasteiger partial charge in [-0.1, -0.05) is 0 Å². The van der Waals surface area contributed by atoms with Gasteiger partial charge in [0.25, 0.3) is 0 Å². The molecule has 126 valence electrons. The van der Waals surface area contributed by atoms with E-state index in [-0.39, 0.29) is 17.4 Å². The third-order valence-corrected chi connectivity index (χ3v) is 4.20. The van der Waals surface area contributed by atoms with E-state index in [4.69, 9.17) is 5.73 Å². The largest absolute Gasteiger partial charge is 0.397 e. The lowest BCUT2D eigenvalue weighted by Crippen LogP contribution is -1.80. The fraction of sp³-hybridized carbons (Fsp3) is 0. The van der Waals surface area contributed by atoms with Crippen LogP contribution in [-0.2, 0) is 0 Å². The lowest BCUT2D eigenvalue weighted by molar-refractivity contribution is 1.31. The molecule has 0 saturated heterocycles. The van der Waals surface area contributed by atoms with Gasteiger partial charge in [0.1, 0.15) is 0 Å². The molecular formula is C20H18AlN5. The van der Waals surface area contributed by atoms with E-state index < -0.39 is 0 Å². The highest BCUT2D eigenvalue weighted by Crippen LogP contribution is 2.20. The lowest BCUT2D eigenvalue weighted by Gasteiger charge is -1.86. The van der Waals surface area contributed by atoms with Crippen LogP contribution in [0.1, 0.15) is 22.8 Å². The normalized spacial score (nSPS) is 12.2. The Morgan fingerprint density at radius 2 is 1.12 bits per heavy atom. The Labute approximate surface area is 160 Å². The first-order chi connectivity index (χ1) is 12.2. The predicted octanol–water partition coefficient (Wildman–Crippen LogP) is 3.05. The number of hydrogen-bond acceptors (Lipinski definition) is 3. The zero-order valence-corrected chi connectivity index (χ0v) is 13.3. The summed E-state index contributed by atoms with van der Waals surface area (Å²) in [5, 5.41) is 0. The van der Waals surface area contributed by atoms with Gasteiger partial charge in [-0.15, -0.1) is 0 Å². The maximum Gasteiger partial charge on any atom is 0.187 e. The fourth-order valence-corrected chi connectivity index (χ4v) is 3.04. The number of anilines is 1. The van der Waals surface area contributed by atoms with Crippen LogP contribution in [0.25, 0.3) is 46.4 Å². The van der Waals surface area contributed by atoms with Crippen LogP contribution in [0.5, 0.6) is 0 Å². The summed E-state index contributed by atoms with van der Waals surface area (Å²) < 4.78 is 0. The standard InChI is InChI=1S/C20H15N5.Al.3H/c21-19-10-18-9-16-4-3-14(23-16)7-12-1-2-13(22-12)8-15-5-6-17(24-15)11-20(19)25-18;;;;/h1-11,22,25H,21H2;;;;. The molecule has 6 heteroatoms. The van der Waals surface area contributed by atoms with E-state index in [1.54, 1.807) is 0 Å². The number of nitrogens with two attached hydrogens (primary N) is 1. The number of nitrogens with one attached hydrogen (secondary N) is 2. The maximum atomic E-state index is 6.13. The zero-order chi connectivity index (χ0) is 16.8. The second-order valence-corrected chi connectivity index (χ2v) is 6.13. The first kappa shape index (κ1) is 16.4. The van der Waals surface area contributed by atoms with Crippen molar-refractivity contribution in [3.8, 4) is 0 Å². The number of hydrogen-bond donors (Lipinski definition) is 3. The summed E-state index contributed by atoms with van der Waals surface area (Å²) in [5.41, 5.74) is 14.2. The van der Waals surface area contributed by atoms with Crippen LogP contribution in [0.2, 0.25) is 0 Å². The molecule has 0 fully saturated rings. The summed E-state index contributed by atoms with van der Waals surface area (Å²) in [6.45, 7) is 0. The fourth-order valence-electron chi connectivity index (χ4n) is 3.04. The molecule has 3 aromatic heterocycles. The van der Waals surface area contributed by atoms with Gasteiger partial charge in [-0.05, 0) is 66.8 Å². The number of rotatable bonds is 0. The third kappa shape index (κ3) is 3.08. The molecule has 0 spiro atoms. The van der Waals surface area contributed by atoms with Crippen molar-refractivity contribution in [1.29, 1.82) is 0 Å². The van der Waals surface area contributed by atoms with E-state index in [1.165, 1.54) is 0 Å². The molecular weight excluding hydrogens is 337 g/mol. The average Bonchev–Trinajstić information content (AvgIpc) is 3.33. The minimum atomic E-state index is 0. The van der Waals surface area contributed by atoms with Crippen molar-refractivity contribution >= 4 is 69.4 Å². The quantitative estimate of drug-likeness (QED) is 0.373. The minimum Gasteiger partial charge on any atom is -0.397 e. The van der Waals surface area contributed by atoms with Gasteiger partial charge in [-0.3, -0.25) is 0 Å². The van der Waals surface area contributed by atoms with Crippen molar-refractivity contribution in [1.82, 2.24) is 19.9 Å². The Morgan fingerprint density at radius 3 is 1.69 bits per heavy atom. The summed E-state index contributed by atoms with van der Waals surface area (Å²) in [5.74, 6) is 0. The van der Waals surface area contributed by atoms with Crippen LogP contribution in [0.15, 0.2) is 42.5 Å². The number of nitrogens with zero attached hydrogens (tertiary/aromatic N) is 2. The number of aromatic nitrogens is 4. The van der Waals surface area contributed by atoms with Crippen LogP contribution >= 0.6 is 0 Å². The molecule has 0 unspecified atom stereocenters. The molecule has 5 rings (SSSR count). The van der Waals surface area contributed by atoms with Crippen molar-refractivity contribution < 1.29 is 0 Å². The van der Waals surface area contributed by atoms with Gasteiger partial charge in [0, 0.05) is 16.6 Å². The van der Waals surface area contributed by atoms with Crippen LogP contribution in [0, 0.1) is 0 Å². The monoisotopic (exact) mass is 355 g/mol. The molecule has 8 bridgehead atoms. The maximum absolute atomic E-state index is 6.13. The highest BCUT2D eigenvalue weighted by Gasteiger charge is 2.03. The minimum absolute atomic E-state index is 0. The van der Waals surface area contributed by atoms with Crippen LogP contribution in [0.4, 0.5) is 5.69 Å². The topological polar surface area (TPSA) is 83.4 Å². The van der Waals surface area contributed by atoms with E-state index in [2.05, 4.69) is 19.9 Å². The Balaban J connectivity index is 0.00000168.